The number of rotatable bonds is 4. The molecule has 17 heavy (non-hydrogen) atoms. The van der Waals surface area contributed by atoms with Crippen LogP contribution in [0.15, 0.2) is 43.0 Å². The Balaban J connectivity index is 2.19. The van der Waals surface area contributed by atoms with E-state index in [1.165, 1.54) is 31.2 Å². The van der Waals surface area contributed by atoms with E-state index in [9.17, 15) is 0 Å². The zero-order valence-corrected chi connectivity index (χ0v) is 12.6. The molecule has 0 heterocycles. The molecule has 0 aromatic heterocycles. The molecule has 1 aromatic carbocycles. The van der Waals surface area contributed by atoms with E-state index >= 15 is 0 Å². The van der Waals surface area contributed by atoms with Crippen LogP contribution in [0.5, 0.6) is 0 Å². The summed E-state index contributed by atoms with van der Waals surface area (Å²) in [5, 5.41) is 0. The van der Waals surface area contributed by atoms with Crippen LogP contribution in [-0.4, -0.2) is 16.6 Å². The maximum absolute atomic E-state index is 5.80. The first-order chi connectivity index (χ1) is 8.36. The Bertz CT molecular complexity index is 349. The first-order valence-electron chi connectivity index (χ1n) is 6.57. The standard InChI is InChI=1S/C15H22OSi/c1-2-13(12-8-4-3-5-9-12)14-10-6-7-11-15(14)16-17/h2-5,8-9,13-15H,1,6-7,10-11H2,17H3/t13-,14-,15+/m0/s1. The average molecular weight is 246 g/mol. The summed E-state index contributed by atoms with van der Waals surface area (Å²) < 4.78 is 5.80. The molecule has 0 saturated heterocycles. The highest BCUT2D eigenvalue weighted by atomic mass is 28.2. The molecule has 1 saturated carbocycles. The lowest BCUT2D eigenvalue weighted by atomic mass is 9.75. The molecular weight excluding hydrogens is 224 g/mol. The van der Waals surface area contributed by atoms with Crippen molar-refractivity contribution in [2.24, 2.45) is 5.92 Å². The van der Waals surface area contributed by atoms with E-state index in [-0.39, 0.29) is 0 Å². The van der Waals surface area contributed by atoms with E-state index < -0.39 is 0 Å². The van der Waals surface area contributed by atoms with Gasteiger partial charge in [-0.2, -0.15) is 0 Å². The number of allylic oxidation sites excluding steroid dienone is 1. The van der Waals surface area contributed by atoms with Crippen LogP contribution in [0.2, 0.25) is 0 Å². The van der Waals surface area contributed by atoms with Gasteiger partial charge in [0.15, 0.2) is 0 Å². The van der Waals surface area contributed by atoms with Crippen molar-refractivity contribution in [2.75, 3.05) is 0 Å². The molecule has 2 rings (SSSR count). The maximum atomic E-state index is 5.80. The fourth-order valence-electron chi connectivity index (χ4n) is 3.06. The van der Waals surface area contributed by atoms with Crippen LogP contribution in [0, 0.1) is 5.92 Å². The van der Waals surface area contributed by atoms with Gasteiger partial charge in [0, 0.05) is 12.0 Å². The summed E-state index contributed by atoms with van der Waals surface area (Å²) in [6, 6.07) is 10.7. The maximum Gasteiger partial charge on any atom is 0.146 e. The lowest BCUT2D eigenvalue weighted by Gasteiger charge is -2.35. The highest BCUT2D eigenvalue weighted by Crippen LogP contribution is 2.38. The van der Waals surface area contributed by atoms with Gasteiger partial charge in [-0.1, -0.05) is 49.2 Å². The minimum atomic E-state index is 0.454. The molecule has 1 fully saturated rings. The second-order valence-corrected chi connectivity index (χ2v) is 5.37. The predicted molar refractivity (Wildman–Crippen MR) is 76.2 cm³/mol. The lowest BCUT2D eigenvalue weighted by molar-refractivity contribution is 0.0939. The molecule has 0 unspecified atom stereocenters. The van der Waals surface area contributed by atoms with Gasteiger partial charge in [-0.05, 0) is 24.3 Å². The van der Waals surface area contributed by atoms with Crippen LogP contribution in [0.3, 0.4) is 0 Å². The zero-order chi connectivity index (χ0) is 12.1. The molecule has 0 amide bonds. The van der Waals surface area contributed by atoms with E-state index in [1.54, 1.807) is 0 Å². The third-order valence-corrected chi connectivity index (χ3v) is 4.56. The molecule has 0 radical (unpaired) electrons. The molecule has 92 valence electrons. The van der Waals surface area contributed by atoms with Crippen LogP contribution in [0.4, 0.5) is 0 Å². The van der Waals surface area contributed by atoms with Crippen molar-refractivity contribution in [1.29, 1.82) is 0 Å². The van der Waals surface area contributed by atoms with Crippen molar-refractivity contribution >= 4 is 10.5 Å². The molecule has 0 N–H and O–H groups in total. The highest BCUT2D eigenvalue weighted by Gasteiger charge is 2.30. The van der Waals surface area contributed by atoms with Gasteiger partial charge in [0.2, 0.25) is 0 Å². The van der Waals surface area contributed by atoms with Crippen molar-refractivity contribution in [3.8, 4) is 0 Å². The summed E-state index contributed by atoms with van der Waals surface area (Å²) in [5.41, 5.74) is 1.39. The van der Waals surface area contributed by atoms with Gasteiger partial charge in [-0.3, -0.25) is 0 Å². The van der Waals surface area contributed by atoms with E-state index in [0.717, 1.165) is 10.5 Å². The monoisotopic (exact) mass is 246 g/mol. The molecule has 2 heteroatoms. The molecule has 0 bridgehead atoms. The van der Waals surface area contributed by atoms with Gasteiger partial charge in [0.1, 0.15) is 10.5 Å². The summed E-state index contributed by atoms with van der Waals surface area (Å²) in [6.07, 6.45) is 7.73. The fraction of sp³-hybridized carbons (Fsp3) is 0.467. The summed E-state index contributed by atoms with van der Waals surface area (Å²) >= 11 is 0. The minimum Gasteiger partial charge on any atom is -0.425 e. The van der Waals surface area contributed by atoms with Crippen molar-refractivity contribution in [2.45, 2.75) is 37.7 Å². The Hall–Kier alpha value is -0.863. The molecule has 0 aliphatic heterocycles. The number of benzene rings is 1. The van der Waals surface area contributed by atoms with Gasteiger partial charge in [-0.25, -0.2) is 0 Å². The van der Waals surface area contributed by atoms with E-state index in [1.807, 2.05) is 0 Å². The van der Waals surface area contributed by atoms with Gasteiger partial charge in [0.05, 0.1) is 0 Å². The summed E-state index contributed by atoms with van der Waals surface area (Å²) in [7, 11) is 0.845. The molecule has 1 nitrogen and oxygen atoms in total. The third kappa shape index (κ3) is 2.88. The first kappa shape index (κ1) is 12.6. The van der Waals surface area contributed by atoms with Gasteiger partial charge >= 0.3 is 0 Å². The van der Waals surface area contributed by atoms with Crippen molar-refractivity contribution in [1.82, 2.24) is 0 Å². The Morgan fingerprint density at radius 1 is 1.24 bits per heavy atom. The molecule has 3 atom stereocenters. The fourth-order valence-corrected chi connectivity index (χ4v) is 3.65. The van der Waals surface area contributed by atoms with Gasteiger partial charge in [-0.15, -0.1) is 6.58 Å². The summed E-state index contributed by atoms with van der Waals surface area (Å²) in [6.45, 7) is 4.04. The molecular formula is C15H22OSi. The Morgan fingerprint density at radius 2 is 1.94 bits per heavy atom. The van der Waals surface area contributed by atoms with Crippen LogP contribution in [-0.2, 0) is 4.43 Å². The Kier molecular flexibility index (Phi) is 4.57. The van der Waals surface area contributed by atoms with Crippen molar-refractivity contribution in [3.05, 3.63) is 48.6 Å². The van der Waals surface area contributed by atoms with Crippen molar-refractivity contribution in [3.63, 3.8) is 0 Å². The second kappa shape index (κ2) is 6.17. The van der Waals surface area contributed by atoms with E-state index in [4.69, 9.17) is 4.43 Å². The zero-order valence-electron chi connectivity index (χ0n) is 10.6. The largest absolute Gasteiger partial charge is 0.425 e. The quantitative estimate of drug-likeness (QED) is 0.586. The topological polar surface area (TPSA) is 9.23 Å². The third-order valence-electron chi connectivity index (χ3n) is 3.96. The molecule has 1 aliphatic carbocycles. The Labute approximate surface area is 107 Å². The average Bonchev–Trinajstić information content (AvgIpc) is 2.41. The minimum absolute atomic E-state index is 0.454. The van der Waals surface area contributed by atoms with Gasteiger partial charge < -0.3 is 4.43 Å². The van der Waals surface area contributed by atoms with Crippen LogP contribution in [0.25, 0.3) is 0 Å². The number of hydrogen-bond donors (Lipinski definition) is 0. The van der Waals surface area contributed by atoms with Crippen LogP contribution < -0.4 is 0 Å². The van der Waals surface area contributed by atoms with Crippen LogP contribution >= 0.6 is 0 Å². The number of hydrogen-bond acceptors (Lipinski definition) is 1. The highest BCUT2D eigenvalue weighted by molar-refractivity contribution is 5.98. The summed E-state index contributed by atoms with van der Waals surface area (Å²) in [4.78, 5) is 0. The molecule has 1 aromatic rings. The first-order valence-corrected chi connectivity index (χ1v) is 7.38. The second-order valence-electron chi connectivity index (χ2n) is 4.89. The SMILES string of the molecule is C=C[C@@H](c1ccccc1)[C@@H]1CCCC[C@H]1O[SiH3]. The van der Waals surface area contributed by atoms with Gasteiger partial charge in [0.25, 0.3) is 0 Å². The van der Waals surface area contributed by atoms with E-state index in [0.29, 0.717) is 17.9 Å². The van der Waals surface area contributed by atoms with Crippen molar-refractivity contribution < 1.29 is 4.43 Å². The molecule has 1 aliphatic rings. The Morgan fingerprint density at radius 3 is 2.59 bits per heavy atom. The van der Waals surface area contributed by atoms with Crippen LogP contribution in [0.1, 0.15) is 37.2 Å². The summed E-state index contributed by atoms with van der Waals surface area (Å²) in [5.74, 6) is 1.08. The van der Waals surface area contributed by atoms with E-state index in [2.05, 4.69) is 43.0 Å². The molecule has 0 spiro atoms. The predicted octanol–water partition coefficient (Wildman–Crippen LogP) is 2.81. The lowest BCUT2D eigenvalue weighted by Crippen LogP contribution is -2.31. The normalized spacial score (nSPS) is 26.6. The smallest absolute Gasteiger partial charge is 0.146 e.